The maximum atomic E-state index is 9.83. The molecule has 2 atom stereocenters. The molecule has 0 saturated carbocycles. The Morgan fingerprint density at radius 3 is 3.16 bits per heavy atom. The predicted molar refractivity (Wildman–Crippen MR) is 74.5 cm³/mol. The first-order valence-electron chi connectivity index (χ1n) is 6.90. The zero-order chi connectivity index (χ0) is 13.5. The highest BCUT2D eigenvalue weighted by molar-refractivity contribution is 5.27. The van der Waals surface area contributed by atoms with Crippen LogP contribution >= 0.6 is 0 Å². The molecule has 2 rings (SSSR count). The second-order valence-electron chi connectivity index (χ2n) is 5.17. The number of ether oxygens (including phenoxy) is 2. The summed E-state index contributed by atoms with van der Waals surface area (Å²) in [6.07, 6.45) is 0.630. The van der Waals surface area contributed by atoms with E-state index >= 15 is 0 Å². The average Bonchev–Trinajstić information content (AvgIpc) is 2.90. The third-order valence-electron chi connectivity index (χ3n) is 3.27. The van der Waals surface area contributed by atoms with E-state index in [9.17, 15) is 5.11 Å². The van der Waals surface area contributed by atoms with Crippen molar-refractivity contribution < 1.29 is 14.6 Å². The lowest BCUT2D eigenvalue weighted by Crippen LogP contribution is -2.34. The summed E-state index contributed by atoms with van der Waals surface area (Å²) in [4.78, 5) is 0. The van der Waals surface area contributed by atoms with Crippen molar-refractivity contribution in [1.82, 2.24) is 5.32 Å². The standard InChI is InChI=1S/C15H23NO3/c1-12-3-2-4-15(7-12)19-11-14(17)9-16-8-13-5-6-18-10-13/h2-4,7,13-14,16-17H,5-6,8-11H2,1H3. The van der Waals surface area contributed by atoms with Crippen molar-refractivity contribution in [2.24, 2.45) is 5.92 Å². The molecule has 4 nitrogen and oxygen atoms in total. The number of aryl methyl sites for hydroxylation is 1. The van der Waals surface area contributed by atoms with Gasteiger partial charge < -0.3 is 19.9 Å². The molecule has 1 aliphatic heterocycles. The van der Waals surface area contributed by atoms with Gasteiger partial charge in [-0.3, -0.25) is 0 Å². The van der Waals surface area contributed by atoms with E-state index in [1.807, 2.05) is 31.2 Å². The summed E-state index contributed by atoms with van der Waals surface area (Å²) < 4.78 is 10.9. The van der Waals surface area contributed by atoms with Gasteiger partial charge in [0.15, 0.2) is 0 Å². The number of nitrogens with one attached hydrogen (secondary N) is 1. The van der Waals surface area contributed by atoms with Crippen LogP contribution in [0.2, 0.25) is 0 Å². The molecular weight excluding hydrogens is 242 g/mol. The molecular formula is C15H23NO3. The Bertz CT molecular complexity index is 377. The minimum atomic E-state index is -0.483. The van der Waals surface area contributed by atoms with Crippen molar-refractivity contribution in [1.29, 1.82) is 0 Å². The normalized spacial score (nSPS) is 20.4. The van der Waals surface area contributed by atoms with Gasteiger partial charge in [-0.1, -0.05) is 12.1 Å². The van der Waals surface area contributed by atoms with Gasteiger partial charge in [0.2, 0.25) is 0 Å². The first kappa shape index (κ1) is 14.3. The summed E-state index contributed by atoms with van der Waals surface area (Å²) in [6.45, 7) is 5.50. The van der Waals surface area contributed by atoms with Crippen LogP contribution in [0.1, 0.15) is 12.0 Å². The summed E-state index contributed by atoms with van der Waals surface area (Å²) in [5, 5.41) is 13.1. The maximum Gasteiger partial charge on any atom is 0.119 e. The molecule has 4 heteroatoms. The summed E-state index contributed by atoms with van der Waals surface area (Å²) in [6, 6.07) is 7.85. The third-order valence-corrected chi connectivity index (χ3v) is 3.27. The number of hydrogen-bond donors (Lipinski definition) is 2. The predicted octanol–water partition coefficient (Wildman–Crippen LogP) is 1.36. The zero-order valence-corrected chi connectivity index (χ0v) is 11.5. The quantitative estimate of drug-likeness (QED) is 0.781. The molecule has 0 spiro atoms. The van der Waals surface area contributed by atoms with E-state index in [-0.39, 0.29) is 0 Å². The maximum absolute atomic E-state index is 9.83. The Kier molecular flexibility index (Phi) is 5.63. The molecule has 0 amide bonds. The van der Waals surface area contributed by atoms with Crippen LogP contribution in [-0.2, 0) is 4.74 Å². The van der Waals surface area contributed by atoms with Crippen molar-refractivity contribution in [3.8, 4) is 5.75 Å². The molecule has 0 bridgehead atoms. The van der Waals surface area contributed by atoms with Gasteiger partial charge in [-0.2, -0.15) is 0 Å². The molecule has 0 aliphatic carbocycles. The molecule has 1 aromatic carbocycles. The van der Waals surface area contributed by atoms with E-state index in [1.165, 1.54) is 0 Å². The smallest absolute Gasteiger partial charge is 0.119 e. The Hall–Kier alpha value is -1.10. The summed E-state index contributed by atoms with van der Waals surface area (Å²) in [5.74, 6) is 1.40. The van der Waals surface area contributed by atoms with Crippen LogP contribution in [0.3, 0.4) is 0 Å². The van der Waals surface area contributed by atoms with Gasteiger partial charge in [0.1, 0.15) is 18.5 Å². The molecule has 106 valence electrons. The van der Waals surface area contributed by atoms with Crippen LogP contribution in [0.15, 0.2) is 24.3 Å². The fourth-order valence-electron chi connectivity index (χ4n) is 2.15. The van der Waals surface area contributed by atoms with Crippen molar-refractivity contribution >= 4 is 0 Å². The van der Waals surface area contributed by atoms with Crippen LogP contribution in [0.5, 0.6) is 5.75 Å². The molecule has 2 unspecified atom stereocenters. The number of rotatable bonds is 7. The SMILES string of the molecule is Cc1cccc(OCC(O)CNCC2CCOC2)c1. The lowest BCUT2D eigenvalue weighted by Gasteiger charge is -2.15. The lowest BCUT2D eigenvalue weighted by atomic mass is 10.1. The second kappa shape index (κ2) is 7.48. The van der Waals surface area contributed by atoms with Crippen molar-refractivity contribution in [3.63, 3.8) is 0 Å². The zero-order valence-electron chi connectivity index (χ0n) is 11.5. The van der Waals surface area contributed by atoms with Gasteiger partial charge in [-0.25, -0.2) is 0 Å². The minimum absolute atomic E-state index is 0.317. The van der Waals surface area contributed by atoms with Gasteiger partial charge in [0.25, 0.3) is 0 Å². The Morgan fingerprint density at radius 1 is 1.53 bits per heavy atom. The monoisotopic (exact) mass is 265 g/mol. The van der Waals surface area contributed by atoms with Crippen molar-refractivity contribution in [3.05, 3.63) is 29.8 Å². The highest BCUT2D eigenvalue weighted by atomic mass is 16.5. The van der Waals surface area contributed by atoms with E-state index in [4.69, 9.17) is 9.47 Å². The van der Waals surface area contributed by atoms with Gasteiger partial charge >= 0.3 is 0 Å². The van der Waals surface area contributed by atoms with E-state index in [1.54, 1.807) is 0 Å². The number of aliphatic hydroxyl groups is 1. The fraction of sp³-hybridized carbons (Fsp3) is 0.600. The Labute approximate surface area is 114 Å². The molecule has 1 aliphatic rings. The molecule has 0 aromatic heterocycles. The minimum Gasteiger partial charge on any atom is -0.491 e. The molecule has 2 N–H and O–H groups in total. The number of hydrogen-bond acceptors (Lipinski definition) is 4. The second-order valence-corrected chi connectivity index (χ2v) is 5.17. The van der Waals surface area contributed by atoms with Gasteiger partial charge in [-0.05, 0) is 37.0 Å². The average molecular weight is 265 g/mol. The van der Waals surface area contributed by atoms with Crippen LogP contribution in [0, 0.1) is 12.8 Å². The molecule has 1 saturated heterocycles. The van der Waals surface area contributed by atoms with Crippen LogP contribution < -0.4 is 10.1 Å². The third kappa shape index (κ3) is 5.19. The van der Waals surface area contributed by atoms with Gasteiger partial charge in [0.05, 0.1) is 6.61 Å². The molecule has 1 heterocycles. The van der Waals surface area contributed by atoms with Crippen molar-refractivity contribution in [2.75, 3.05) is 32.9 Å². The first-order chi connectivity index (χ1) is 9.24. The summed E-state index contributed by atoms with van der Waals surface area (Å²) in [7, 11) is 0. The Balaban J connectivity index is 1.60. The van der Waals surface area contributed by atoms with E-state index in [0.717, 1.165) is 37.5 Å². The summed E-state index contributed by atoms with van der Waals surface area (Å²) in [5.41, 5.74) is 1.16. The van der Waals surface area contributed by atoms with E-state index < -0.39 is 6.10 Å². The summed E-state index contributed by atoms with van der Waals surface area (Å²) >= 11 is 0. The molecule has 19 heavy (non-hydrogen) atoms. The van der Waals surface area contributed by atoms with Crippen LogP contribution in [-0.4, -0.2) is 44.1 Å². The Morgan fingerprint density at radius 2 is 2.42 bits per heavy atom. The highest BCUT2D eigenvalue weighted by Crippen LogP contribution is 2.12. The topological polar surface area (TPSA) is 50.7 Å². The highest BCUT2D eigenvalue weighted by Gasteiger charge is 2.15. The van der Waals surface area contributed by atoms with Gasteiger partial charge in [-0.15, -0.1) is 0 Å². The first-order valence-corrected chi connectivity index (χ1v) is 6.90. The molecule has 0 radical (unpaired) electrons. The number of benzene rings is 1. The molecule has 1 aromatic rings. The lowest BCUT2D eigenvalue weighted by molar-refractivity contribution is 0.105. The van der Waals surface area contributed by atoms with Crippen molar-refractivity contribution in [2.45, 2.75) is 19.4 Å². The molecule has 1 fully saturated rings. The van der Waals surface area contributed by atoms with E-state index in [0.29, 0.717) is 19.1 Å². The van der Waals surface area contributed by atoms with Gasteiger partial charge in [0, 0.05) is 19.7 Å². The fourth-order valence-corrected chi connectivity index (χ4v) is 2.15. The van der Waals surface area contributed by atoms with Crippen LogP contribution in [0.25, 0.3) is 0 Å². The largest absolute Gasteiger partial charge is 0.491 e. The van der Waals surface area contributed by atoms with Crippen LogP contribution in [0.4, 0.5) is 0 Å². The van der Waals surface area contributed by atoms with E-state index in [2.05, 4.69) is 5.32 Å². The number of aliphatic hydroxyl groups excluding tert-OH is 1.